The Labute approximate surface area is 316 Å². The number of carboxylic acid groups (broad SMARTS) is 1. The number of likely N-dealkylation sites (N-methyl/N-ethyl adjacent to an activating group) is 1. The number of hydrogen-bond donors (Lipinski definition) is 4. The van der Waals surface area contributed by atoms with E-state index in [1.807, 2.05) is 82.1 Å². The third kappa shape index (κ3) is 8.04. The lowest BCUT2D eigenvalue weighted by Gasteiger charge is -2.31. The quantitative estimate of drug-likeness (QED) is 0.0825. The fourth-order valence-corrected chi connectivity index (χ4v) is 9.56. The van der Waals surface area contributed by atoms with Gasteiger partial charge in [-0.2, -0.15) is 25.3 Å². The number of hydrogen-bond acceptors (Lipinski definition) is 9. The number of unbranched alkanes of at least 4 members (excludes halogenated alkanes) is 1. The van der Waals surface area contributed by atoms with E-state index in [-0.39, 0.29) is 34.6 Å². The molecule has 0 bridgehead atoms. The molecule has 0 radical (unpaired) electrons. The van der Waals surface area contributed by atoms with Crippen LogP contribution in [-0.2, 0) is 41.2 Å². The van der Waals surface area contributed by atoms with E-state index in [0.717, 1.165) is 28.7 Å². The van der Waals surface area contributed by atoms with Gasteiger partial charge in [-0.1, -0.05) is 70.2 Å². The first-order valence-electron chi connectivity index (χ1n) is 17.2. The highest BCUT2D eigenvalue weighted by Gasteiger charge is 2.44. The molecule has 0 saturated heterocycles. The molecule has 54 heavy (non-hydrogen) atoms. The zero-order valence-electron chi connectivity index (χ0n) is 30.5. The van der Waals surface area contributed by atoms with Crippen LogP contribution in [0.3, 0.4) is 0 Å². The van der Waals surface area contributed by atoms with Crippen molar-refractivity contribution in [3.63, 3.8) is 0 Å². The number of allylic oxidation sites excluding steroid dienone is 7. The predicted octanol–water partition coefficient (Wildman–Crippen LogP) is 6.54. The summed E-state index contributed by atoms with van der Waals surface area (Å²) >= 11 is 0. The summed E-state index contributed by atoms with van der Waals surface area (Å²) in [4.78, 5) is 14.6. The SMILES string of the molecule is CCN1c2ccc3c(S(=O)(=O)O)cc(S(=O)(=O)O)cc3c2C(C)(C)C1C=CC=CC=CC=C1N(CCCCS(=O)(=O)O)c2ccc(C(=O)O)cc2C1(C)C. The van der Waals surface area contributed by atoms with Crippen molar-refractivity contribution in [2.45, 2.75) is 74.1 Å². The van der Waals surface area contributed by atoms with E-state index in [1.165, 1.54) is 18.2 Å². The monoisotopic (exact) mass is 800 g/mol. The molecule has 0 amide bonds. The molecule has 0 fully saturated rings. The van der Waals surface area contributed by atoms with Crippen LogP contribution in [0.2, 0.25) is 0 Å². The summed E-state index contributed by atoms with van der Waals surface area (Å²) in [6.07, 6.45) is 13.9. The van der Waals surface area contributed by atoms with E-state index in [4.69, 9.17) is 4.55 Å². The summed E-state index contributed by atoms with van der Waals surface area (Å²) in [5.74, 6) is -1.39. The summed E-state index contributed by atoms with van der Waals surface area (Å²) in [6, 6.07) is 9.95. The van der Waals surface area contributed by atoms with Crippen LogP contribution < -0.4 is 9.80 Å². The second-order valence-corrected chi connectivity index (χ2v) is 18.8. The third-order valence-corrected chi connectivity index (χ3v) is 12.7. The maximum atomic E-state index is 12.3. The zero-order chi connectivity index (χ0) is 40.0. The molecule has 4 N–H and O–H groups in total. The van der Waals surface area contributed by atoms with Crippen LogP contribution in [0, 0.1) is 0 Å². The van der Waals surface area contributed by atoms with Crippen molar-refractivity contribution in [3.05, 3.63) is 107 Å². The zero-order valence-corrected chi connectivity index (χ0v) is 32.9. The van der Waals surface area contributed by atoms with Crippen molar-refractivity contribution >= 4 is 58.5 Å². The van der Waals surface area contributed by atoms with Crippen LogP contribution in [0.15, 0.2) is 100 Å². The van der Waals surface area contributed by atoms with E-state index >= 15 is 0 Å². The van der Waals surface area contributed by atoms with Crippen molar-refractivity contribution < 1.29 is 48.8 Å². The van der Waals surface area contributed by atoms with E-state index in [1.54, 1.807) is 18.2 Å². The van der Waals surface area contributed by atoms with Gasteiger partial charge in [0.1, 0.15) is 4.90 Å². The number of aromatic carboxylic acids is 1. The van der Waals surface area contributed by atoms with Crippen LogP contribution >= 0.6 is 0 Å². The number of carboxylic acids is 1. The van der Waals surface area contributed by atoms with Gasteiger partial charge in [0.15, 0.2) is 0 Å². The van der Waals surface area contributed by atoms with Crippen LogP contribution in [0.4, 0.5) is 11.4 Å². The van der Waals surface area contributed by atoms with Gasteiger partial charge < -0.3 is 14.9 Å². The molecule has 290 valence electrons. The minimum absolute atomic E-state index is 0.129. The minimum Gasteiger partial charge on any atom is -0.478 e. The average molecular weight is 801 g/mol. The number of nitrogens with zero attached hydrogens (tertiary/aromatic N) is 2. The molecule has 13 nitrogen and oxygen atoms in total. The number of benzene rings is 3. The van der Waals surface area contributed by atoms with E-state index in [9.17, 15) is 44.3 Å². The van der Waals surface area contributed by atoms with E-state index < -0.39 is 56.9 Å². The van der Waals surface area contributed by atoms with E-state index in [0.29, 0.717) is 25.1 Å². The molecule has 16 heteroatoms. The number of rotatable bonds is 13. The Hall–Kier alpha value is -4.32. The van der Waals surface area contributed by atoms with Crippen molar-refractivity contribution in [1.82, 2.24) is 0 Å². The molecule has 3 aromatic rings. The normalized spacial score (nSPS) is 19.2. The molecular weight excluding hydrogens is 757 g/mol. The number of anilines is 2. The largest absolute Gasteiger partial charge is 0.478 e. The molecule has 1 atom stereocenters. The summed E-state index contributed by atoms with van der Waals surface area (Å²) in [6.45, 7) is 10.9. The lowest BCUT2D eigenvalue weighted by atomic mass is 9.78. The Balaban J connectivity index is 1.42. The molecule has 0 aromatic heterocycles. The fraction of sp³-hybridized carbons (Fsp3) is 0.342. The highest BCUT2D eigenvalue weighted by molar-refractivity contribution is 7.87. The molecule has 2 aliphatic rings. The van der Waals surface area contributed by atoms with Gasteiger partial charge in [-0.3, -0.25) is 13.7 Å². The minimum atomic E-state index is -4.84. The van der Waals surface area contributed by atoms with Gasteiger partial charge in [-0.25, -0.2) is 4.79 Å². The van der Waals surface area contributed by atoms with Crippen molar-refractivity contribution in [3.8, 4) is 0 Å². The van der Waals surface area contributed by atoms with E-state index in [2.05, 4.69) is 4.90 Å². The summed E-state index contributed by atoms with van der Waals surface area (Å²) in [5, 5.41) is 10.0. The summed E-state index contributed by atoms with van der Waals surface area (Å²) < 4.78 is 100. The standard InChI is InChI=1S/C38H44N2O11S3/c1-6-39-31-19-17-27-28(23-26(53(46,47)48)24-32(27)54(49,50)51)35(31)38(4,5)34(39)15-11-9-7-8-10-14-33-37(2,3)29-22-25(36(41)42)16-18-30(29)40(33)20-12-13-21-52(43,44)45/h7-11,14-19,22-24,34H,6,12-13,20-21H2,1-5H3,(H,41,42)(H,43,44,45)(H,46,47,48)(H,49,50,51). The summed E-state index contributed by atoms with van der Waals surface area (Å²) in [7, 11) is -13.7. The Bertz CT molecular complexity index is 2460. The van der Waals surface area contributed by atoms with Crippen LogP contribution in [0.25, 0.3) is 10.8 Å². The second-order valence-electron chi connectivity index (χ2n) is 14.4. The Morgan fingerprint density at radius 3 is 2.06 bits per heavy atom. The lowest BCUT2D eigenvalue weighted by molar-refractivity contribution is 0.0696. The first kappa shape index (κ1) is 40.9. The molecule has 0 spiro atoms. The Morgan fingerprint density at radius 1 is 0.796 bits per heavy atom. The van der Waals surface area contributed by atoms with Gasteiger partial charge in [0.05, 0.1) is 22.3 Å². The van der Waals surface area contributed by atoms with Gasteiger partial charge >= 0.3 is 5.97 Å². The number of carbonyl (C=O) groups is 1. The van der Waals surface area contributed by atoms with Crippen LogP contribution in [-0.4, -0.2) is 74.9 Å². The Kier molecular flexibility index (Phi) is 11.1. The average Bonchev–Trinajstić information content (AvgIpc) is 3.42. The number of fused-ring (bicyclic) bond motifs is 4. The van der Waals surface area contributed by atoms with Crippen LogP contribution in [0.1, 0.15) is 68.9 Å². The molecule has 0 saturated carbocycles. The van der Waals surface area contributed by atoms with Gasteiger partial charge in [0.2, 0.25) is 0 Å². The van der Waals surface area contributed by atoms with Crippen molar-refractivity contribution in [2.24, 2.45) is 0 Å². The molecular formula is C38H44N2O11S3. The highest BCUT2D eigenvalue weighted by atomic mass is 32.2. The predicted molar refractivity (Wildman–Crippen MR) is 208 cm³/mol. The molecule has 3 aromatic carbocycles. The van der Waals surface area contributed by atoms with Gasteiger partial charge in [-0.05, 0) is 78.8 Å². The van der Waals surface area contributed by atoms with Crippen LogP contribution in [0.5, 0.6) is 0 Å². The molecule has 0 aliphatic carbocycles. The highest BCUT2D eigenvalue weighted by Crippen LogP contribution is 2.50. The topological polar surface area (TPSA) is 207 Å². The fourth-order valence-electron chi connectivity index (χ4n) is 7.65. The van der Waals surface area contributed by atoms with Gasteiger partial charge in [-0.15, -0.1) is 0 Å². The Morgan fingerprint density at radius 2 is 1.44 bits per heavy atom. The maximum absolute atomic E-state index is 12.3. The molecule has 5 rings (SSSR count). The second kappa shape index (κ2) is 14.7. The van der Waals surface area contributed by atoms with Gasteiger partial charge in [0, 0.05) is 46.4 Å². The lowest BCUT2D eigenvalue weighted by Crippen LogP contribution is -2.39. The van der Waals surface area contributed by atoms with Crippen molar-refractivity contribution in [2.75, 3.05) is 28.6 Å². The third-order valence-electron chi connectivity index (χ3n) is 10.2. The first-order valence-corrected chi connectivity index (χ1v) is 21.6. The first-order chi connectivity index (χ1) is 25.0. The molecule has 1 unspecified atom stereocenters. The maximum Gasteiger partial charge on any atom is 0.335 e. The smallest absolute Gasteiger partial charge is 0.335 e. The summed E-state index contributed by atoms with van der Waals surface area (Å²) in [5.41, 5.74) is 2.87. The molecule has 2 aliphatic heterocycles. The van der Waals surface area contributed by atoms with Crippen molar-refractivity contribution in [1.29, 1.82) is 0 Å². The van der Waals surface area contributed by atoms with Gasteiger partial charge in [0.25, 0.3) is 30.4 Å². The molecule has 2 heterocycles.